The van der Waals surface area contributed by atoms with Crippen molar-refractivity contribution in [2.45, 2.75) is 37.3 Å². The third-order valence-corrected chi connectivity index (χ3v) is 10.0. The van der Waals surface area contributed by atoms with Crippen LogP contribution in [0.5, 0.6) is 5.75 Å². The van der Waals surface area contributed by atoms with Crippen LogP contribution in [-0.2, 0) is 21.2 Å². The number of urea groups is 1. The van der Waals surface area contributed by atoms with Crippen molar-refractivity contribution >= 4 is 44.1 Å². The average molecular weight is 649 g/mol. The van der Waals surface area contributed by atoms with Gasteiger partial charge in [0.25, 0.3) is 0 Å². The monoisotopic (exact) mass is 648 g/mol. The lowest BCUT2D eigenvalue weighted by Crippen LogP contribution is -2.48. The molecule has 4 aromatic rings. The van der Waals surface area contributed by atoms with E-state index in [-0.39, 0.29) is 42.8 Å². The third-order valence-electron chi connectivity index (χ3n) is 8.17. The highest BCUT2D eigenvalue weighted by Crippen LogP contribution is 2.30. The number of ether oxygens (including phenoxy) is 1. The van der Waals surface area contributed by atoms with Gasteiger partial charge in [-0.25, -0.2) is 17.6 Å². The number of amides is 3. The predicted octanol–water partition coefficient (Wildman–Crippen LogP) is 5.09. The van der Waals surface area contributed by atoms with Crippen molar-refractivity contribution in [3.05, 3.63) is 96.3 Å². The number of fused-ring (bicyclic) bond motifs is 2. The van der Waals surface area contributed by atoms with Crippen LogP contribution in [0.3, 0.4) is 0 Å². The SMILES string of the molecule is C[C@@H]1CN([C@@H](C)CO)C(=O)Cc2cc(NC(=O)Nc3cccc4ccccc34)ccc2O[C@@H]1CN(C)S(=O)(=O)c1ccc(F)cc1. The smallest absolute Gasteiger partial charge is 0.323 e. The highest BCUT2D eigenvalue weighted by atomic mass is 32.2. The summed E-state index contributed by atoms with van der Waals surface area (Å²) in [5.74, 6) is -0.770. The standard InChI is InChI=1S/C34H37FN4O6S/c1-22-19-39(23(2)21-40)33(41)18-25-17-27(36-34(42)37-30-10-6-8-24-7-4-5-9-29(24)30)13-16-31(25)45-32(22)20-38(3)46(43,44)28-14-11-26(35)12-15-28/h4-17,22-23,32,40H,18-21H2,1-3H3,(H2,36,37,42)/t22-,23+,32-/m1/s1. The Morgan fingerprint density at radius 3 is 2.52 bits per heavy atom. The minimum Gasteiger partial charge on any atom is -0.488 e. The lowest BCUT2D eigenvalue weighted by Gasteiger charge is -2.33. The predicted molar refractivity (Wildman–Crippen MR) is 175 cm³/mol. The van der Waals surface area contributed by atoms with Crippen molar-refractivity contribution in [1.29, 1.82) is 0 Å². The molecule has 1 aliphatic heterocycles. The Labute approximate surface area is 267 Å². The first-order valence-electron chi connectivity index (χ1n) is 14.9. The molecule has 0 bridgehead atoms. The first-order chi connectivity index (χ1) is 22.0. The van der Waals surface area contributed by atoms with Gasteiger partial charge in [0.05, 0.1) is 36.2 Å². The van der Waals surface area contributed by atoms with Crippen LogP contribution >= 0.6 is 0 Å². The summed E-state index contributed by atoms with van der Waals surface area (Å²) in [5.41, 5.74) is 1.56. The summed E-state index contributed by atoms with van der Waals surface area (Å²) in [6.45, 7) is 3.48. The number of carbonyl (C=O) groups excluding carboxylic acids is 2. The van der Waals surface area contributed by atoms with Crippen LogP contribution in [0.4, 0.5) is 20.6 Å². The second kappa shape index (κ2) is 13.9. The zero-order chi connectivity index (χ0) is 33.0. The van der Waals surface area contributed by atoms with Gasteiger partial charge in [-0.2, -0.15) is 4.31 Å². The molecule has 0 fully saturated rings. The normalized spacial score (nSPS) is 17.8. The van der Waals surface area contributed by atoms with Gasteiger partial charge in [0, 0.05) is 36.1 Å². The minimum atomic E-state index is -3.98. The Bertz CT molecular complexity index is 1830. The number of aliphatic hydroxyl groups excluding tert-OH is 1. The molecule has 5 rings (SSSR count). The number of carbonyl (C=O) groups is 2. The molecule has 10 nitrogen and oxygen atoms in total. The Balaban J connectivity index is 1.41. The first-order valence-corrected chi connectivity index (χ1v) is 16.4. The molecule has 0 saturated carbocycles. The number of nitrogens with zero attached hydrogens (tertiary/aromatic N) is 2. The molecule has 0 aromatic heterocycles. The molecule has 12 heteroatoms. The summed E-state index contributed by atoms with van der Waals surface area (Å²) in [5, 5.41) is 17.5. The number of hydrogen-bond acceptors (Lipinski definition) is 6. The molecule has 4 aromatic carbocycles. The Morgan fingerprint density at radius 2 is 1.78 bits per heavy atom. The quantitative estimate of drug-likeness (QED) is 0.244. The van der Waals surface area contributed by atoms with Gasteiger partial charge in [-0.1, -0.05) is 43.3 Å². The van der Waals surface area contributed by atoms with Gasteiger partial charge in [0.2, 0.25) is 15.9 Å². The molecule has 0 unspecified atom stereocenters. The second-order valence-corrected chi connectivity index (χ2v) is 13.6. The van der Waals surface area contributed by atoms with E-state index in [0.29, 0.717) is 22.7 Å². The molecule has 0 aliphatic carbocycles. The molecular weight excluding hydrogens is 611 g/mol. The van der Waals surface area contributed by atoms with E-state index in [1.807, 2.05) is 49.4 Å². The van der Waals surface area contributed by atoms with Crippen molar-refractivity contribution in [3.63, 3.8) is 0 Å². The molecule has 0 spiro atoms. The fourth-order valence-electron chi connectivity index (χ4n) is 5.48. The highest BCUT2D eigenvalue weighted by Gasteiger charge is 2.33. The van der Waals surface area contributed by atoms with Gasteiger partial charge in [-0.05, 0) is 60.8 Å². The van der Waals surface area contributed by atoms with Crippen LogP contribution in [0, 0.1) is 11.7 Å². The van der Waals surface area contributed by atoms with Crippen LogP contribution < -0.4 is 15.4 Å². The summed E-state index contributed by atoms with van der Waals surface area (Å²) < 4.78 is 47.7. The van der Waals surface area contributed by atoms with Crippen molar-refractivity contribution in [3.8, 4) is 5.75 Å². The van der Waals surface area contributed by atoms with Crippen LogP contribution in [0.25, 0.3) is 10.8 Å². The lowest BCUT2D eigenvalue weighted by molar-refractivity contribution is -0.134. The van der Waals surface area contributed by atoms with E-state index in [0.717, 1.165) is 27.2 Å². The summed E-state index contributed by atoms with van der Waals surface area (Å²) in [6.07, 6.45) is -0.768. The van der Waals surface area contributed by atoms with Gasteiger partial charge < -0.3 is 25.4 Å². The van der Waals surface area contributed by atoms with E-state index >= 15 is 0 Å². The summed E-state index contributed by atoms with van der Waals surface area (Å²) >= 11 is 0. The van der Waals surface area contributed by atoms with Crippen LogP contribution in [-0.4, -0.2) is 73.6 Å². The zero-order valence-corrected chi connectivity index (χ0v) is 26.6. The molecule has 0 saturated heterocycles. The number of aliphatic hydroxyl groups is 1. The fourth-order valence-corrected chi connectivity index (χ4v) is 6.67. The molecule has 0 radical (unpaired) electrons. The maximum absolute atomic E-state index is 13.6. The van der Waals surface area contributed by atoms with E-state index in [9.17, 15) is 27.5 Å². The first kappa shape index (κ1) is 32.9. The van der Waals surface area contributed by atoms with Gasteiger partial charge in [-0.3, -0.25) is 4.79 Å². The lowest BCUT2D eigenvalue weighted by atomic mass is 10.0. The second-order valence-electron chi connectivity index (χ2n) is 11.6. The van der Waals surface area contributed by atoms with E-state index in [2.05, 4.69) is 10.6 Å². The molecule has 3 amide bonds. The number of sulfonamides is 1. The average Bonchev–Trinajstić information content (AvgIpc) is 3.08. The topological polar surface area (TPSA) is 128 Å². The third kappa shape index (κ3) is 7.30. The van der Waals surface area contributed by atoms with Gasteiger partial charge in [-0.15, -0.1) is 0 Å². The van der Waals surface area contributed by atoms with Crippen molar-refractivity contribution in [2.75, 3.05) is 37.4 Å². The molecular formula is C34H37FN4O6S. The zero-order valence-electron chi connectivity index (χ0n) is 25.8. The molecule has 242 valence electrons. The number of halogens is 1. The van der Waals surface area contributed by atoms with Gasteiger partial charge >= 0.3 is 6.03 Å². The van der Waals surface area contributed by atoms with Crippen molar-refractivity contribution in [1.82, 2.24) is 9.21 Å². The van der Waals surface area contributed by atoms with Crippen LogP contribution in [0.15, 0.2) is 89.8 Å². The highest BCUT2D eigenvalue weighted by molar-refractivity contribution is 7.89. The van der Waals surface area contributed by atoms with Gasteiger partial charge in [0.1, 0.15) is 17.7 Å². The minimum absolute atomic E-state index is 0.0595. The Morgan fingerprint density at radius 1 is 1.07 bits per heavy atom. The van der Waals surface area contributed by atoms with E-state index < -0.39 is 34.0 Å². The number of nitrogens with one attached hydrogen (secondary N) is 2. The van der Waals surface area contributed by atoms with Crippen molar-refractivity contribution in [2.24, 2.45) is 5.92 Å². The number of benzene rings is 4. The van der Waals surface area contributed by atoms with Gasteiger partial charge in [0.15, 0.2) is 0 Å². The molecule has 46 heavy (non-hydrogen) atoms. The maximum Gasteiger partial charge on any atom is 0.323 e. The van der Waals surface area contributed by atoms with E-state index in [1.165, 1.54) is 19.2 Å². The molecule has 3 N–H and O–H groups in total. The van der Waals surface area contributed by atoms with E-state index in [4.69, 9.17) is 4.74 Å². The molecule has 1 heterocycles. The summed E-state index contributed by atoms with van der Waals surface area (Å²) in [4.78, 5) is 28.1. The van der Waals surface area contributed by atoms with Crippen molar-refractivity contribution < 1.29 is 32.2 Å². The number of hydrogen-bond donors (Lipinski definition) is 3. The number of anilines is 2. The largest absolute Gasteiger partial charge is 0.488 e. The number of rotatable bonds is 8. The maximum atomic E-state index is 13.6. The Kier molecular flexibility index (Phi) is 9.90. The van der Waals surface area contributed by atoms with Crippen LogP contribution in [0.1, 0.15) is 19.4 Å². The molecule has 3 atom stereocenters. The fraction of sp³-hybridized carbons (Fsp3) is 0.294. The summed E-state index contributed by atoms with van der Waals surface area (Å²) in [7, 11) is -2.56. The number of likely N-dealkylation sites (N-methyl/N-ethyl adjacent to an activating group) is 1. The summed E-state index contributed by atoms with van der Waals surface area (Å²) in [6, 6.07) is 21.9. The molecule has 1 aliphatic rings. The van der Waals surface area contributed by atoms with E-state index in [1.54, 1.807) is 30.0 Å². The van der Waals surface area contributed by atoms with Crippen LogP contribution in [0.2, 0.25) is 0 Å². The Hall–Kier alpha value is -4.52.